The normalized spacial score (nSPS) is 27.6. The first-order chi connectivity index (χ1) is 7.85. The van der Waals surface area contributed by atoms with E-state index in [2.05, 4.69) is 5.32 Å². The molecule has 2 heteroatoms. The van der Waals surface area contributed by atoms with E-state index in [1.54, 1.807) is 0 Å². The summed E-state index contributed by atoms with van der Waals surface area (Å²) in [6.07, 6.45) is 14.8. The molecule has 0 aliphatic heterocycles. The van der Waals surface area contributed by atoms with Gasteiger partial charge in [-0.1, -0.05) is 32.1 Å². The van der Waals surface area contributed by atoms with Gasteiger partial charge in [-0.3, -0.25) is 5.32 Å². The second-order valence-electron chi connectivity index (χ2n) is 5.59. The molecule has 2 rings (SSSR count). The molecule has 1 N–H and O–H groups in total. The van der Waals surface area contributed by atoms with Crippen LogP contribution >= 0.6 is 0 Å². The zero-order chi connectivity index (χ0) is 11.3. The van der Waals surface area contributed by atoms with Gasteiger partial charge < -0.3 is 4.74 Å². The van der Waals surface area contributed by atoms with Crippen LogP contribution in [0.25, 0.3) is 0 Å². The van der Waals surface area contributed by atoms with Crippen molar-refractivity contribution in [1.29, 1.82) is 0 Å². The molecule has 0 heterocycles. The molecule has 0 radical (unpaired) electrons. The van der Waals surface area contributed by atoms with Crippen molar-refractivity contribution in [3.05, 3.63) is 0 Å². The first-order valence-electron chi connectivity index (χ1n) is 7.17. The van der Waals surface area contributed by atoms with Crippen molar-refractivity contribution >= 4 is 0 Å². The second-order valence-corrected chi connectivity index (χ2v) is 5.59. The average molecular weight is 225 g/mol. The Bertz CT molecular complexity index is 191. The van der Waals surface area contributed by atoms with Gasteiger partial charge in [-0.25, -0.2) is 0 Å². The van der Waals surface area contributed by atoms with Gasteiger partial charge in [-0.05, 0) is 38.5 Å². The minimum absolute atomic E-state index is 0.0211. The minimum Gasteiger partial charge on any atom is -0.364 e. The minimum atomic E-state index is 0.0211. The maximum absolute atomic E-state index is 5.81. The van der Waals surface area contributed by atoms with Gasteiger partial charge in [0, 0.05) is 13.2 Å². The first kappa shape index (κ1) is 12.4. The summed E-state index contributed by atoms with van der Waals surface area (Å²) in [5.74, 6) is 0. The van der Waals surface area contributed by atoms with Gasteiger partial charge >= 0.3 is 0 Å². The smallest absolute Gasteiger partial charge is 0.119 e. The van der Waals surface area contributed by atoms with Crippen LogP contribution in [0.4, 0.5) is 0 Å². The van der Waals surface area contributed by atoms with Gasteiger partial charge in [-0.15, -0.1) is 0 Å². The molecule has 0 unspecified atom stereocenters. The summed E-state index contributed by atoms with van der Waals surface area (Å²) < 4.78 is 5.81. The summed E-state index contributed by atoms with van der Waals surface area (Å²) in [5.41, 5.74) is 0.0211. The molecule has 2 fully saturated rings. The molecule has 16 heavy (non-hydrogen) atoms. The molecule has 2 saturated carbocycles. The predicted molar refractivity (Wildman–Crippen MR) is 67.5 cm³/mol. The number of hydrogen-bond donors (Lipinski definition) is 1. The van der Waals surface area contributed by atoms with Crippen LogP contribution in [0.5, 0.6) is 0 Å². The van der Waals surface area contributed by atoms with E-state index in [-0.39, 0.29) is 5.72 Å². The summed E-state index contributed by atoms with van der Waals surface area (Å²) in [4.78, 5) is 0. The standard InChI is InChI=1S/C14H27NO/c1-16-14(11-7-4-8-12-14)15-13-9-5-2-3-6-10-13/h13,15H,2-12H2,1H3. The quantitative estimate of drug-likeness (QED) is 0.585. The lowest BCUT2D eigenvalue weighted by atomic mass is 9.90. The SMILES string of the molecule is COC1(NC2CCCCCC2)CCCCC1. The van der Waals surface area contributed by atoms with Crippen molar-refractivity contribution in [2.24, 2.45) is 0 Å². The van der Waals surface area contributed by atoms with Gasteiger partial charge in [0.15, 0.2) is 0 Å². The van der Waals surface area contributed by atoms with Crippen LogP contribution in [0, 0.1) is 0 Å². The Morgan fingerprint density at radius 3 is 2.00 bits per heavy atom. The zero-order valence-electron chi connectivity index (χ0n) is 10.8. The maximum atomic E-state index is 5.81. The monoisotopic (exact) mass is 225 g/mol. The van der Waals surface area contributed by atoms with Gasteiger partial charge in [0.1, 0.15) is 5.72 Å². The Morgan fingerprint density at radius 2 is 1.44 bits per heavy atom. The lowest BCUT2D eigenvalue weighted by molar-refractivity contribution is -0.0753. The van der Waals surface area contributed by atoms with Crippen LogP contribution in [-0.4, -0.2) is 18.9 Å². The number of ether oxygens (including phenoxy) is 1. The highest BCUT2D eigenvalue weighted by molar-refractivity contribution is 4.86. The summed E-state index contributed by atoms with van der Waals surface area (Å²) >= 11 is 0. The molecule has 0 aromatic rings. The fourth-order valence-electron chi connectivity index (χ4n) is 3.33. The Morgan fingerprint density at radius 1 is 0.875 bits per heavy atom. The molecule has 0 amide bonds. The number of rotatable bonds is 3. The fourth-order valence-corrected chi connectivity index (χ4v) is 3.33. The Hall–Kier alpha value is -0.0800. The Kier molecular flexibility index (Phi) is 4.66. The molecular weight excluding hydrogens is 198 g/mol. The van der Waals surface area contributed by atoms with Crippen molar-refractivity contribution < 1.29 is 4.74 Å². The van der Waals surface area contributed by atoms with Crippen LogP contribution in [0.2, 0.25) is 0 Å². The number of hydrogen-bond acceptors (Lipinski definition) is 2. The highest BCUT2D eigenvalue weighted by atomic mass is 16.5. The van der Waals surface area contributed by atoms with Gasteiger partial charge in [0.2, 0.25) is 0 Å². The van der Waals surface area contributed by atoms with Gasteiger partial charge in [0.05, 0.1) is 0 Å². The summed E-state index contributed by atoms with van der Waals surface area (Å²) in [6, 6.07) is 0.709. The molecule has 2 aliphatic rings. The molecule has 0 bridgehead atoms. The van der Waals surface area contributed by atoms with E-state index in [0.29, 0.717) is 6.04 Å². The molecule has 2 aliphatic carbocycles. The summed E-state index contributed by atoms with van der Waals surface area (Å²) in [7, 11) is 1.88. The van der Waals surface area contributed by atoms with E-state index in [4.69, 9.17) is 4.74 Å². The van der Waals surface area contributed by atoms with E-state index in [0.717, 1.165) is 0 Å². The highest BCUT2D eigenvalue weighted by Gasteiger charge is 2.33. The molecular formula is C14H27NO. The molecule has 0 aromatic carbocycles. The van der Waals surface area contributed by atoms with Crippen molar-refractivity contribution in [1.82, 2.24) is 5.32 Å². The Balaban J connectivity index is 1.88. The van der Waals surface area contributed by atoms with Crippen molar-refractivity contribution in [3.8, 4) is 0 Å². The summed E-state index contributed by atoms with van der Waals surface area (Å²) in [5, 5.41) is 3.84. The molecule has 0 atom stereocenters. The van der Waals surface area contributed by atoms with E-state index < -0.39 is 0 Å². The lowest BCUT2D eigenvalue weighted by Gasteiger charge is -2.40. The third-order valence-electron chi connectivity index (χ3n) is 4.37. The van der Waals surface area contributed by atoms with Gasteiger partial charge in [-0.2, -0.15) is 0 Å². The van der Waals surface area contributed by atoms with Crippen LogP contribution < -0.4 is 5.32 Å². The number of methoxy groups -OCH3 is 1. The highest BCUT2D eigenvalue weighted by Crippen LogP contribution is 2.31. The van der Waals surface area contributed by atoms with Gasteiger partial charge in [0.25, 0.3) is 0 Å². The van der Waals surface area contributed by atoms with Crippen molar-refractivity contribution in [2.45, 2.75) is 82.4 Å². The lowest BCUT2D eigenvalue weighted by Crippen LogP contribution is -2.52. The average Bonchev–Trinajstić information content (AvgIpc) is 2.59. The van der Waals surface area contributed by atoms with Crippen molar-refractivity contribution in [3.63, 3.8) is 0 Å². The first-order valence-corrected chi connectivity index (χ1v) is 7.17. The molecule has 0 spiro atoms. The third kappa shape index (κ3) is 3.21. The topological polar surface area (TPSA) is 21.3 Å². The summed E-state index contributed by atoms with van der Waals surface area (Å²) in [6.45, 7) is 0. The predicted octanol–water partition coefficient (Wildman–Crippen LogP) is 3.61. The van der Waals surface area contributed by atoms with E-state index >= 15 is 0 Å². The zero-order valence-corrected chi connectivity index (χ0v) is 10.8. The Labute approximate surface area is 100 Å². The van der Waals surface area contributed by atoms with Crippen LogP contribution in [0.15, 0.2) is 0 Å². The number of nitrogens with one attached hydrogen (secondary N) is 1. The van der Waals surface area contributed by atoms with E-state index in [1.807, 2.05) is 7.11 Å². The maximum Gasteiger partial charge on any atom is 0.119 e. The third-order valence-corrected chi connectivity index (χ3v) is 4.37. The molecule has 2 nitrogen and oxygen atoms in total. The largest absolute Gasteiger partial charge is 0.364 e. The molecule has 94 valence electrons. The fraction of sp³-hybridized carbons (Fsp3) is 1.00. The second kappa shape index (κ2) is 6.02. The molecule has 0 saturated heterocycles. The molecule has 0 aromatic heterocycles. The van der Waals surface area contributed by atoms with E-state index in [1.165, 1.54) is 70.6 Å². The van der Waals surface area contributed by atoms with Crippen LogP contribution in [0.1, 0.15) is 70.6 Å². The van der Waals surface area contributed by atoms with Crippen molar-refractivity contribution in [2.75, 3.05) is 7.11 Å². The van der Waals surface area contributed by atoms with Crippen LogP contribution in [-0.2, 0) is 4.74 Å². The van der Waals surface area contributed by atoms with E-state index in [9.17, 15) is 0 Å². The van der Waals surface area contributed by atoms with Crippen LogP contribution in [0.3, 0.4) is 0 Å².